The molecule has 0 spiro atoms. The minimum absolute atomic E-state index is 0.0172. The van der Waals surface area contributed by atoms with Gasteiger partial charge in [0.15, 0.2) is 5.78 Å². The van der Waals surface area contributed by atoms with E-state index in [0.29, 0.717) is 60.7 Å². The molecule has 1 aliphatic rings. The van der Waals surface area contributed by atoms with Crippen LogP contribution in [0.4, 0.5) is 4.39 Å². The summed E-state index contributed by atoms with van der Waals surface area (Å²) in [7, 11) is 0. The maximum Gasteiger partial charge on any atom is 0.311 e. The Morgan fingerprint density at radius 1 is 1.09 bits per heavy atom. The average Bonchev–Trinajstić information content (AvgIpc) is 2.81. The number of carbonyl (C=O) groups excluding carboxylic acids is 1. The Bertz CT molecular complexity index is 1160. The Morgan fingerprint density at radius 3 is 2.52 bits per heavy atom. The number of halogens is 2. The van der Waals surface area contributed by atoms with E-state index >= 15 is 0 Å². The molecule has 0 amide bonds. The van der Waals surface area contributed by atoms with Crippen LogP contribution in [0, 0.1) is 5.82 Å². The van der Waals surface area contributed by atoms with Gasteiger partial charge < -0.3 is 14.6 Å². The van der Waals surface area contributed by atoms with Gasteiger partial charge in [-0.1, -0.05) is 23.7 Å². The molecule has 3 aromatic carbocycles. The van der Waals surface area contributed by atoms with Crippen LogP contribution in [-0.4, -0.2) is 23.5 Å². The zero-order valence-electron chi connectivity index (χ0n) is 17.7. The summed E-state index contributed by atoms with van der Waals surface area (Å²) in [6.07, 6.45) is 2.15. The van der Waals surface area contributed by atoms with Crippen LogP contribution in [0.5, 0.6) is 17.2 Å². The van der Waals surface area contributed by atoms with Crippen molar-refractivity contribution in [2.45, 2.75) is 31.6 Å². The lowest BCUT2D eigenvalue weighted by atomic mass is 9.93. The molecule has 33 heavy (non-hydrogen) atoms. The van der Waals surface area contributed by atoms with Crippen molar-refractivity contribution in [1.82, 2.24) is 0 Å². The number of ketones is 1. The molecule has 170 valence electrons. The molecule has 0 saturated carbocycles. The Hall–Kier alpha value is -3.38. The second kappa shape index (κ2) is 10.0. The summed E-state index contributed by atoms with van der Waals surface area (Å²) in [5.41, 5.74) is 2.10. The molecule has 1 N–H and O–H groups in total. The number of carboxylic acids is 1. The summed E-state index contributed by atoms with van der Waals surface area (Å²) >= 11 is 6.33. The third kappa shape index (κ3) is 5.52. The van der Waals surface area contributed by atoms with E-state index < -0.39 is 11.9 Å². The molecule has 1 unspecified atom stereocenters. The standard InChI is InChI=1S/C26H22ClFO5/c27-22-14-21-20(26(30)31)12-13-32-24(21)15-25(22)33-19-10-6-17(7-11-19)23(29)3-1-2-16-4-8-18(28)9-5-16/h4-11,14-15,20H,1-3,12-13H2,(H,30,31). The number of benzene rings is 3. The number of aliphatic carboxylic acids is 1. The molecular weight excluding hydrogens is 447 g/mol. The molecule has 1 heterocycles. The van der Waals surface area contributed by atoms with Crippen molar-refractivity contribution in [3.63, 3.8) is 0 Å². The zero-order chi connectivity index (χ0) is 23.4. The highest BCUT2D eigenvalue weighted by molar-refractivity contribution is 6.32. The van der Waals surface area contributed by atoms with Crippen LogP contribution in [0.1, 0.15) is 46.7 Å². The quantitative estimate of drug-likeness (QED) is 0.386. The van der Waals surface area contributed by atoms with Crippen LogP contribution in [0.2, 0.25) is 5.02 Å². The topological polar surface area (TPSA) is 72.8 Å². The number of ether oxygens (including phenoxy) is 2. The predicted octanol–water partition coefficient (Wildman–Crippen LogP) is 6.43. The molecule has 0 bridgehead atoms. The first-order chi connectivity index (χ1) is 15.9. The highest BCUT2D eigenvalue weighted by atomic mass is 35.5. The van der Waals surface area contributed by atoms with E-state index in [1.54, 1.807) is 48.5 Å². The number of fused-ring (bicyclic) bond motifs is 1. The van der Waals surface area contributed by atoms with Crippen LogP contribution < -0.4 is 9.47 Å². The summed E-state index contributed by atoms with van der Waals surface area (Å²) in [5.74, 6) is -0.545. The monoisotopic (exact) mass is 468 g/mol. The van der Waals surface area contributed by atoms with E-state index in [-0.39, 0.29) is 16.6 Å². The van der Waals surface area contributed by atoms with Gasteiger partial charge in [0.1, 0.15) is 23.1 Å². The number of rotatable bonds is 8. The fourth-order valence-electron chi connectivity index (χ4n) is 3.81. The highest BCUT2D eigenvalue weighted by Crippen LogP contribution is 2.41. The molecule has 7 heteroatoms. The van der Waals surface area contributed by atoms with Crippen LogP contribution in [0.3, 0.4) is 0 Å². The minimum Gasteiger partial charge on any atom is -0.493 e. The van der Waals surface area contributed by atoms with Gasteiger partial charge in [-0.15, -0.1) is 0 Å². The molecule has 1 atom stereocenters. The zero-order valence-corrected chi connectivity index (χ0v) is 18.5. The molecule has 0 radical (unpaired) electrons. The summed E-state index contributed by atoms with van der Waals surface area (Å²) in [6, 6.07) is 16.2. The van der Waals surface area contributed by atoms with Crippen molar-refractivity contribution < 1.29 is 28.6 Å². The van der Waals surface area contributed by atoms with Crippen molar-refractivity contribution in [1.29, 1.82) is 0 Å². The Balaban J connectivity index is 1.38. The van der Waals surface area contributed by atoms with Gasteiger partial charge >= 0.3 is 5.97 Å². The molecule has 0 fully saturated rings. The number of aryl methyl sites for hydroxylation is 1. The lowest BCUT2D eigenvalue weighted by molar-refractivity contribution is -0.139. The first-order valence-electron chi connectivity index (χ1n) is 10.7. The fourth-order valence-corrected chi connectivity index (χ4v) is 4.02. The number of hydrogen-bond acceptors (Lipinski definition) is 4. The Morgan fingerprint density at radius 2 is 1.82 bits per heavy atom. The van der Waals surface area contributed by atoms with Gasteiger partial charge in [-0.05, 0) is 67.3 Å². The summed E-state index contributed by atoms with van der Waals surface area (Å²) in [6.45, 7) is 0.309. The summed E-state index contributed by atoms with van der Waals surface area (Å²) < 4.78 is 24.4. The van der Waals surface area contributed by atoms with Crippen molar-refractivity contribution in [3.05, 3.63) is 88.2 Å². The van der Waals surface area contributed by atoms with Crippen LogP contribution in [0.15, 0.2) is 60.7 Å². The largest absolute Gasteiger partial charge is 0.493 e. The van der Waals surface area contributed by atoms with E-state index in [1.807, 2.05) is 0 Å². The number of Topliss-reactive ketones (excluding diaryl/α,β-unsaturated/α-hetero) is 1. The van der Waals surface area contributed by atoms with E-state index in [4.69, 9.17) is 21.1 Å². The molecule has 3 aromatic rings. The SMILES string of the molecule is O=C(CCCc1ccc(F)cc1)c1ccc(Oc2cc3c(cc2Cl)C(C(=O)O)CCO3)cc1. The van der Waals surface area contributed by atoms with E-state index in [2.05, 4.69) is 0 Å². The third-order valence-corrected chi connectivity index (χ3v) is 5.88. The van der Waals surface area contributed by atoms with Crippen molar-refractivity contribution >= 4 is 23.4 Å². The molecule has 1 aliphatic heterocycles. The summed E-state index contributed by atoms with van der Waals surface area (Å²) in [5, 5.41) is 9.69. The van der Waals surface area contributed by atoms with Crippen molar-refractivity contribution in [2.75, 3.05) is 6.61 Å². The van der Waals surface area contributed by atoms with Gasteiger partial charge in [-0.25, -0.2) is 4.39 Å². The fraction of sp³-hybridized carbons (Fsp3) is 0.231. The maximum absolute atomic E-state index is 13.0. The average molecular weight is 469 g/mol. The van der Waals surface area contributed by atoms with E-state index in [1.165, 1.54) is 12.1 Å². The molecule has 0 saturated heterocycles. The van der Waals surface area contributed by atoms with Gasteiger partial charge in [0.25, 0.3) is 0 Å². The Kier molecular flexibility index (Phi) is 6.94. The first-order valence-corrected chi connectivity index (χ1v) is 11.0. The van der Waals surface area contributed by atoms with Crippen molar-refractivity contribution in [2.24, 2.45) is 0 Å². The number of hydrogen-bond donors (Lipinski definition) is 1. The smallest absolute Gasteiger partial charge is 0.311 e. The molecule has 0 aliphatic carbocycles. The minimum atomic E-state index is -0.915. The lowest BCUT2D eigenvalue weighted by Gasteiger charge is -2.24. The number of carboxylic acid groups (broad SMARTS) is 1. The molecule has 5 nitrogen and oxygen atoms in total. The first kappa shape index (κ1) is 22.8. The normalized spacial score (nSPS) is 14.8. The second-order valence-corrected chi connectivity index (χ2v) is 8.29. The Labute approximate surface area is 195 Å². The number of carbonyl (C=O) groups is 2. The van der Waals surface area contributed by atoms with Gasteiger partial charge in [-0.2, -0.15) is 0 Å². The second-order valence-electron chi connectivity index (χ2n) is 7.88. The summed E-state index contributed by atoms with van der Waals surface area (Å²) in [4.78, 5) is 23.9. The van der Waals surface area contributed by atoms with Gasteiger partial charge in [0.2, 0.25) is 0 Å². The van der Waals surface area contributed by atoms with Crippen LogP contribution in [0.25, 0.3) is 0 Å². The lowest BCUT2D eigenvalue weighted by Crippen LogP contribution is -2.20. The molecular formula is C26H22ClFO5. The van der Waals surface area contributed by atoms with E-state index in [9.17, 15) is 19.1 Å². The predicted molar refractivity (Wildman–Crippen MR) is 122 cm³/mol. The third-order valence-electron chi connectivity index (χ3n) is 5.59. The van der Waals surface area contributed by atoms with Gasteiger partial charge in [-0.3, -0.25) is 9.59 Å². The van der Waals surface area contributed by atoms with Gasteiger partial charge in [0.05, 0.1) is 17.5 Å². The van der Waals surface area contributed by atoms with E-state index in [0.717, 1.165) is 5.56 Å². The highest BCUT2D eigenvalue weighted by Gasteiger charge is 2.29. The van der Waals surface area contributed by atoms with Gasteiger partial charge in [0, 0.05) is 23.6 Å². The molecule has 0 aromatic heterocycles. The van der Waals surface area contributed by atoms with Crippen LogP contribution >= 0.6 is 11.6 Å². The van der Waals surface area contributed by atoms with Crippen LogP contribution in [-0.2, 0) is 11.2 Å². The molecule has 4 rings (SSSR count). The maximum atomic E-state index is 13.0. The van der Waals surface area contributed by atoms with Crippen molar-refractivity contribution in [3.8, 4) is 17.2 Å².